The molecule has 8 nitrogen and oxygen atoms in total. The molecule has 198 valence electrons. The first kappa shape index (κ1) is 28.2. The van der Waals surface area contributed by atoms with Crippen molar-refractivity contribution in [3.05, 3.63) is 46.8 Å². The van der Waals surface area contributed by atoms with Crippen LogP contribution in [0.4, 0.5) is 4.79 Å². The molecule has 0 saturated carbocycles. The molecule has 0 aliphatic carbocycles. The fourth-order valence-corrected chi connectivity index (χ4v) is 4.66. The Morgan fingerprint density at radius 3 is 2.61 bits per heavy atom. The van der Waals surface area contributed by atoms with Crippen molar-refractivity contribution in [1.29, 1.82) is 0 Å². The minimum absolute atomic E-state index is 0.0254. The summed E-state index contributed by atoms with van der Waals surface area (Å²) in [6.45, 7) is 8.74. The average Bonchev–Trinajstić information content (AvgIpc) is 2.83. The van der Waals surface area contributed by atoms with Crippen molar-refractivity contribution in [3.63, 3.8) is 0 Å². The number of aliphatic hydroxyl groups excluding tert-OH is 1. The SMILES string of the molecule is C/C(=C\c1cncc(Cl)c1)[C@H]1OC(=O)C[C@H](O)CC[C@H](C)[C@@H](OC(=O)N2CCN(C)CC2)/C=C\[C@@H]1C. The van der Waals surface area contributed by atoms with Crippen molar-refractivity contribution in [2.45, 2.75) is 58.3 Å². The van der Waals surface area contributed by atoms with Crippen LogP contribution in [0, 0.1) is 11.8 Å². The third-order valence-corrected chi connectivity index (χ3v) is 7.03. The number of carbonyl (C=O) groups is 2. The number of rotatable bonds is 3. The van der Waals surface area contributed by atoms with Gasteiger partial charge in [0.05, 0.1) is 17.5 Å². The van der Waals surface area contributed by atoms with Crippen LogP contribution in [0.5, 0.6) is 0 Å². The smallest absolute Gasteiger partial charge is 0.410 e. The van der Waals surface area contributed by atoms with Crippen LogP contribution in [0.25, 0.3) is 6.08 Å². The van der Waals surface area contributed by atoms with Crippen molar-refractivity contribution >= 4 is 29.7 Å². The van der Waals surface area contributed by atoms with E-state index in [2.05, 4.69) is 9.88 Å². The van der Waals surface area contributed by atoms with Gasteiger partial charge in [-0.05, 0) is 56.0 Å². The third kappa shape index (κ3) is 8.32. The number of carbonyl (C=O) groups excluding carboxylic acids is 2. The van der Waals surface area contributed by atoms with E-state index in [1.165, 1.54) is 0 Å². The maximum atomic E-state index is 12.9. The summed E-state index contributed by atoms with van der Waals surface area (Å²) in [5, 5.41) is 11.0. The number of esters is 1. The van der Waals surface area contributed by atoms with Gasteiger partial charge in [-0.1, -0.05) is 37.6 Å². The van der Waals surface area contributed by atoms with E-state index in [0.29, 0.717) is 31.0 Å². The van der Waals surface area contributed by atoms with Gasteiger partial charge >= 0.3 is 12.1 Å². The normalized spacial score (nSPS) is 30.1. The second kappa shape index (κ2) is 13.2. The van der Waals surface area contributed by atoms with Gasteiger partial charge in [0.15, 0.2) is 0 Å². The van der Waals surface area contributed by atoms with Gasteiger partial charge in [0, 0.05) is 44.5 Å². The number of hydrogen-bond donors (Lipinski definition) is 1. The van der Waals surface area contributed by atoms with Crippen molar-refractivity contribution < 1.29 is 24.2 Å². The standard InChI is InChI=1S/C27H38ClN3O5/c1-18-5-7-23(32)15-25(33)36-26(20(3)13-21-14-22(28)17-29-16-21)19(2)6-8-24(18)35-27(34)31-11-9-30(4)10-12-31/h6,8,13-14,16-19,23-24,26,32H,5,7,9-12,15H2,1-4H3/b8-6-,20-13+/t18-,19-,23+,24-,26-/m0/s1. The zero-order valence-electron chi connectivity index (χ0n) is 21.6. The minimum atomic E-state index is -0.824. The molecule has 5 atom stereocenters. The van der Waals surface area contributed by atoms with Crippen LogP contribution < -0.4 is 0 Å². The maximum absolute atomic E-state index is 12.9. The lowest BCUT2D eigenvalue weighted by atomic mass is 9.91. The molecule has 36 heavy (non-hydrogen) atoms. The van der Waals surface area contributed by atoms with E-state index in [1.54, 1.807) is 23.4 Å². The molecule has 1 saturated heterocycles. The molecule has 1 aromatic heterocycles. The number of cyclic esters (lactones) is 1. The minimum Gasteiger partial charge on any atom is -0.457 e. The van der Waals surface area contributed by atoms with Crippen LogP contribution >= 0.6 is 11.6 Å². The Kier molecular flexibility index (Phi) is 10.3. The number of hydrogen-bond acceptors (Lipinski definition) is 7. The second-order valence-electron chi connectivity index (χ2n) is 10.0. The molecular formula is C27H38ClN3O5. The lowest BCUT2D eigenvalue weighted by molar-refractivity contribution is -0.151. The van der Waals surface area contributed by atoms with Crippen LogP contribution in [0.15, 0.2) is 36.2 Å². The highest BCUT2D eigenvalue weighted by Crippen LogP contribution is 2.26. The molecule has 2 aliphatic heterocycles. The number of pyridine rings is 1. The van der Waals surface area contributed by atoms with E-state index >= 15 is 0 Å². The molecule has 0 spiro atoms. The van der Waals surface area contributed by atoms with E-state index in [9.17, 15) is 14.7 Å². The fourth-order valence-electron chi connectivity index (χ4n) is 4.48. The van der Waals surface area contributed by atoms with Crippen molar-refractivity contribution in [2.24, 2.45) is 11.8 Å². The monoisotopic (exact) mass is 519 g/mol. The molecular weight excluding hydrogens is 482 g/mol. The van der Waals surface area contributed by atoms with Crippen molar-refractivity contribution in [2.75, 3.05) is 33.2 Å². The zero-order chi connectivity index (χ0) is 26.2. The van der Waals surface area contributed by atoms with Gasteiger partial charge in [-0.15, -0.1) is 0 Å². The quantitative estimate of drug-likeness (QED) is 0.473. The predicted molar refractivity (Wildman–Crippen MR) is 139 cm³/mol. The number of nitrogens with zero attached hydrogens (tertiary/aromatic N) is 3. The lowest BCUT2D eigenvalue weighted by Gasteiger charge is -2.33. The van der Waals surface area contributed by atoms with Gasteiger partial charge in [0.2, 0.25) is 0 Å². The van der Waals surface area contributed by atoms with Crippen LogP contribution in [-0.2, 0) is 14.3 Å². The molecule has 0 aromatic carbocycles. The summed E-state index contributed by atoms with van der Waals surface area (Å²) < 4.78 is 11.8. The predicted octanol–water partition coefficient (Wildman–Crippen LogP) is 4.18. The Morgan fingerprint density at radius 2 is 1.92 bits per heavy atom. The second-order valence-corrected chi connectivity index (χ2v) is 10.5. The molecule has 1 fully saturated rings. The molecule has 0 bridgehead atoms. The summed E-state index contributed by atoms with van der Waals surface area (Å²) in [6.07, 6.45) is 7.74. The number of ether oxygens (including phenoxy) is 2. The highest BCUT2D eigenvalue weighted by Gasteiger charge is 2.29. The Hall–Kier alpha value is -2.42. The average molecular weight is 520 g/mol. The number of aliphatic hydroxyl groups is 1. The number of halogens is 1. The first-order chi connectivity index (χ1) is 17.1. The topological polar surface area (TPSA) is 92.2 Å². The molecule has 3 heterocycles. The summed E-state index contributed by atoms with van der Waals surface area (Å²) in [7, 11) is 2.04. The molecule has 0 unspecified atom stereocenters. The van der Waals surface area contributed by atoms with Gasteiger partial charge in [-0.25, -0.2) is 4.79 Å². The third-order valence-electron chi connectivity index (χ3n) is 6.83. The van der Waals surface area contributed by atoms with E-state index in [4.69, 9.17) is 21.1 Å². The Bertz CT molecular complexity index is 960. The zero-order valence-corrected chi connectivity index (χ0v) is 22.4. The lowest BCUT2D eigenvalue weighted by Crippen LogP contribution is -2.48. The van der Waals surface area contributed by atoms with E-state index < -0.39 is 24.3 Å². The van der Waals surface area contributed by atoms with Crippen LogP contribution in [-0.4, -0.2) is 83.5 Å². The van der Waals surface area contributed by atoms with Crippen LogP contribution in [0.3, 0.4) is 0 Å². The number of aromatic nitrogens is 1. The largest absolute Gasteiger partial charge is 0.457 e. The van der Waals surface area contributed by atoms with Crippen LogP contribution in [0.1, 0.15) is 45.6 Å². The van der Waals surface area contributed by atoms with Crippen LogP contribution in [0.2, 0.25) is 5.02 Å². The van der Waals surface area contributed by atoms with Gasteiger partial charge in [0.1, 0.15) is 12.2 Å². The Balaban J connectivity index is 1.82. The van der Waals surface area contributed by atoms with Gasteiger partial charge < -0.3 is 24.4 Å². The molecule has 0 radical (unpaired) electrons. The number of amides is 1. The number of piperazine rings is 1. The fraction of sp³-hybridized carbons (Fsp3) is 0.593. The molecule has 2 aliphatic rings. The molecule has 9 heteroatoms. The van der Waals surface area contributed by atoms with E-state index in [0.717, 1.165) is 24.2 Å². The highest BCUT2D eigenvalue weighted by atomic mass is 35.5. The number of likely N-dealkylation sites (N-methyl/N-ethyl adjacent to an activating group) is 1. The Labute approximate surface area is 218 Å². The molecule has 1 aromatic rings. The first-order valence-electron chi connectivity index (χ1n) is 12.6. The summed E-state index contributed by atoms with van der Waals surface area (Å²) >= 11 is 6.07. The van der Waals surface area contributed by atoms with Crippen molar-refractivity contribution in [3.8, 4) is 0 Å². The first-order valence-corrected chi connectivity index (χ1v) is 13.0. The maximum Gasteiger partial charge on any atom is 0.410 e. The summed E-state index contributed by atoms with van der Waals surface area (Å²) in [5.41, 5.74) is 1.61. The summed E-state index contributed by atoms with van der Waals surface area (Å²) in [5.74, 6) is -0.676. The van der Waals surface area contributed by atoms with E-state index in [-0.39, 0.29) is 24.3 Å². The molecule has 1 N–H and O–H groups in total. The van der Waals surface area contributed by atoms with E-state index in [1.807, 2.05) is 46.0 Å². The summed E-state index contributed by atoms with van der Waals surface area (Å²) in [6, 6.07) is 1.79. The Morgan fingerprint density at radius 1 is 1.19 bits per heavy atom. The van der Waals surface area contributed by atoms with Crippen molar-refractivity contribution in [1.82, 2.24) is 14.8 Å². The van der Waals surface area contributed by atoms with Gasteiger partial charge in [0.25, 0.3) is 0 Å². The highest BCUT2D eigenvalue weighted by molar-refractivity contribution is 6.30. The van der Waals surface area contributed by atoms with Gasteiger partial charge in [-0.3, -0.25) is 9.78 Å². The summed E-state index contributed by atoms with van der Waals surface area (Å²) in [4.78, 5) is 33.5. The molecule has 1 amide bonds. The molecule has 3 rings (SSSR count). The van der Waals surface area contributed by atoms with Gasteiger partial charge in [-0.2, -0.15) is 0 Å².